The van der Waals surface area contributed by atoms with Crippen molar-refractivity contribution in [3.05, 3.63) is 53.1 Å². The van der Waals surface area contributed by atoms with Gasteiger partial charge in [0, 0.05) is 32.1 Å². The third kappa shape index (κ3) is 3.71. The number of nitrogens with one attached hydrogen (secondary N) is 1. The third-order valence-electron chi connectivity index (χ3n) is 5.51. The molecule has 2 amide bonds. The Kier molecular flexibility index (Phi) is 5.57. The highest BCUT2D eigenvalue weighted by molar-refractivity contribution is 7.89. The molecule has 0 unspecified atom stereocenters. The molecule has 2 aromatic carbocycles. The van der Waals surface area contributed by atoms with Gasteiger partial charge in [-0.05, 0) is 48.7 Å². The second-order valence-corrected chi connectivity index (χ2v) is 9.82. The molecule has 0 spiro atoms. The molecule has 2 aromatic rings. The number of hydrogen-bond acceptors (Lipinski definition) is 4. The zero-order valence-corrected chi connectivity index (χ0v) is 18.0. The average Bonchev–Trinajstić information content (AvgIpc) is 3.37. The van der Waals surface area contributed by atoms with Crippen LogP contribution in [-0.4, -0.2) is 43.7 Å². The molecule has 2 aliphatic rings. The normalized spacial score (nSPS) is 19.0. The van der Waals surface area contributed by atoms with E-state index in [4.69, 9.17) is 11.6 Å². The minimum absolute atomic E-state index is 0.193. The highest BCUT2D eigenvalue weighted by Crippen LogP contribution is 2.36. The quantitative estimate of drug-likeness (QED) is 0.780. The molecule has 0 aliphatic carbocycles. The molecule has 2 aliphatic heterocycles. The van der Waals surface area contributed by atoms with Crippen molar-refractivity contribution in [3.63, 3.8) is 0 Å². The van der Waals surface area contributed by atoms with Crippen molar-refractivity contribution >= 4 is 44.8 Å². The number of rotatable bonds is 4. The van der Waals surface area contributed by atoms with Crippen LogP contribution in [0.25, 0.3) is 0 Å². The summed E-state index contributed by atoms with van der Waals surface area (Å²) in [5.74, 6) is -0.665. The Hall–Kier alpha value is -2.42. The number of amides is 2. The lowest BCUT2D eigenvalue weighted by Crippen LogP contribution is -2.44. The molecule has 1 fully saturated rings. The summed E-state index contributed by atoms with van der Waals surface area (Å²) in [6.07, 6.45) is 1.94. The van der Waals surface area contributed by atoms with Crippen LogP contribution in [0.4, 0.5) is 11.4 Å². The summed E-state index contributed by atoms with van der Waals surface area (Å²) in [5, 5.41) is 3.17. The van der Waals surface area contributed by atoms with Crippen LogP contribution in [-0.2, 0) is 26.0 Å². The Morgan fingerprint density at radius 3 is 2.47 bits per heavy atom. The number of sulfonamides is 1. The number of nitrogens with zero attached hydrogens (tertiary/aromatic N) is 2. The van der Waals surface area contributed by atoms with E-state index in [9.17, 15) is 18.0 Å². The van der Waals surface area contributed by atoms with Crippen molar-refractivity contribution in [3.8, 4) is 0 Å². The molecule has 0 aromatic heterocycles. The molecular formula is C21H22ClN3O4S. The summed E-state index contributed by atoms with van der Waals surface area (Å²) in [7, 11) is -3.58. The van der Waals surface area contributed by atoms with Crippen LogP contribution < -0.4 is 10.2 Å². The first kappa shape index (κ1) is 20.8. The largest absolute Gasteiger partial charge is 0.323 e. The Labute approximate surface area is 180 Å². The summed E-state index contributed by atoms with van der Waals surface area (Å²) < 4.78 is 27.3. The van der Waals surface area contributed by atoms with E-state index in [2.05, 4.69) is 5.32 Å². The zero-order valence-electron chi connectivity index (χ0n) is 16.5. The average molecular weight is 448 g/mol. The number of fused-ring (bicyclic) bond motifs is 1. The minimum atomic E-state index is -3.58. The number of hydrogen-bond donors (Lipinski definition) is 1. The predicted molar refractivity (Wildman–Crippen MR) is 115 cm³/mol. The predicted octanol–water partition coefficient (Wildman–Crippen LogP) is 3.04. The molecule has 2 heterocycles. The maximum Gasteiger partial charge on any atom is 0.247 e. The Morgan fingerprint density at radius 2 is 1.80 bits per heavy atom. The van der Waals surface area contributed by atoms with Gasteiger partial charge in [-0.15, -0.1) is 0 Å². The lowest BCUT2D eigenvalue weighted by Gasteiger charge is -2.23. The zero-order chi connectivity index (χ0) is 21.5. The second-order valence-electron chi connectivity index (χ2n) is 7.48. The number of benzene rings is 2. The van der Waals surface area contributed by atoms with Gasteiger partial charge >= 0.3 is 0 Å². The molecule has 1 atom stereocenters. The molecule has 0 saturated carbocycles. The van der Waals surface area contributed by atoms with Crippen molar-refractivity contribution in [2.24, 2.45) is 0 Å². The standard InChI is InChI=1S/C21H22ClN3O4S/c1-14(26)25-19-9-8-16(30(28,29)24-10-4-5-11-24)12-15(19)13-20(25)21(27)23-18-7-3-2-6-17(18)22/h2-3,6-9,12,20H,4-5,10-11,13H2,1H3,(H,23,27)/t20-/m1/s1. The van der Waals surface area contributed by atoms with Crippen LogP contribution in [0.15, 0.2) is 47.4 Å². The van der Waals surface area contributed by atoms with Crippen molar-refractivity contribution in [1.82, 2.24) is 4.31 Å². The SMILES string of the molecule is CC(=O)N1c2ccc(S(=O)(=O)N3CCCC3)cc2C[C@@H]1C(=O)Nc1ccccc1Cl. The van der Waals surface area contributed by atoms with E-state index in [1.165, 1.54) is 22.2 Å². The molecule has 0 radical (unpaired) electrons. The first-order chi connectivity index (χ1) is 14.3. The number of carbonyl (C=O) groups excluding carboxylic acids is 2. The first-order valence-corrected chi connectivity index (χ1v) is 11.6. The summed E-state index contributed by atoms with van der Waals surface area (Å²) >= 11 is 6.13. The first-order valence-electron chi connectivity index (χ1n) is 9.77. The molecule has 9 heteroatoms. The lowest BCUT2D eigenvalue weighted by atomic mass is 10.1. The van der Waals surface area contributed by atoms with Gasteiger partial charge in [-0.25, -0.2) is 8.42 Å². The summed E-state index contributed by atoms with van der Waals surface area (Å²) in [4.78, 5) is 26.9. The van der Waals surface area contributed by atoms with E-state index in [-0.39, 0.29) is 23.1 Å². The van der Waals surface area contributed by atoms with E-state index in [1.807, 2.05) is 0 Å². The van der Waals surface area contributed by atoms with Crippen molar-refractivity contribution in [2.75, 3.05) is 23.3 Å². The number of halogens is 1. The fraction of sp³-hybridized carbons (Fsp3) is 0.333. The molecule has 7 nitrogen and oxygen atoms in total. The minimum Gasteiger partial charge on any atom is -0.323 e. The van der Waals surface area contributed by atoms with Gasteiger partial charge in [-0.2, -0.15) is 4.31 Å². The summed E-state index contributed by atoms with van der Waals surface area (Å²) in [5.41, 5.74) is 1.67. The number of anilines is 2. The van der Waals surface area contributed by atoms with Crippen molar-refractivity contribution in [2.45, 2.75) is 37.1 Å². The smallest absolute Gasteiger partial charge is 0.247 e. The van der Waals surface area contributed by atoms with E-state index < -0.39 is 16.1 Å². The third-order valence-corrected chi connectivity index (χ3v) is 7.74. The van der Waals surface area contributed by atoms with E-state index in [0.29, 0.717) is 35.1 Å². The van der Waals surface area contributed by atoms with Gasteiger partial charge in [0.1, 0.15) is 6.04 Å². The van der Waals surface area contributed by atoms with E-state index in [1.54, 1.807) is 36.4 Å². The van der Waals surface area contributed by atoms with Gasteiger partial charge < -0.3 is 5.32 Å². The molecule has 30 heavy (non-hydrogen) atoms. The van der Waals surface area contributed by atoms with Gasteiger partial charge in [0.2, 0.25) is 21.8 Å². The van der Waals surface area contributed by atoms with Gasteiger partial charge in [0.05, 0.1) is 15.6 Å². The molecule has 1 N–H and O–H groups in total. The van der Waals surface area contributed by atoms with Crippen LogP contribution >= 0.6 is 11.6 Å². The highest BCUT2D eigenvalue weighted by atomic mass is 35.5. The van der Waals surface area contributed by atoms with Crippen molar-refractivity contribution < 1.29 is 18.0 Å². The Bertz CT molecular complexity index is 1110. The summed E-state index contributed by atoms with van der Waals surface area (Å²) in [6.45, 7) is 2.42. The second kappa shape index (κ2) is 8.02. The van der Waals surface area contributed by atoms with Gasteiger partial charge in [-0.3, -0.25) is 14.5 Å². The molecule has 1 saturated heterocycles. The highest BCUT2D eigenvalue weighted by Gasteiger charge is 2.38. The maximum absolute atomic E-state index is 13.0. The molecular weight excluding hydrogens is 426 g/mol. The van der Waals surface area contributed by atoms with Crippen LogP contribution in [0, 0.1) is 0 Å². The fourth-order valence-corrected chi connectivity index (χ4v) is 5.79. The van der Waals surface area contributed by atoms with Gasteiger partial charge in [0.25, 0.3) is 0 Å². The summed E-state index contributed by atoms with van der Waals surface area (Å²) in [6, 6.07) is 10.8. The lowest BCUT2D eigenvalue weighted by molar-refractivity contribution is -0.122. The number of para-hydroxylation sites is 1. The topological polar surface area (TPSA) is 86.8 Å². The number of carbonyl (C=O) groups is 2. The monoisotopic (exact) mass is 447 g/mol. The molecule has 158 valence electrons. The Morgan fingerprint density at radius 1 is 1.10 bits per heavy atom. The van der Waals surface area contributed by atoms with Crippen molar-refractivity contribution in [1.29, 1.82) is 0 Å². The van der Waals surface area contributed by atoms with Gasteiger partial charge in [0.15, 0.2) is 0 Å². The maximum atomic E-state index is 13.0. The van der Waals surface area contributed by atoms with Crippen LogP contribution in [0.5, 0.6) is 0 Å². The Balaban J connectivity index is 1.63. The molecule has 4 rings (SSSR count). The van der Waals surface area contributed by atoms with E-state index in [0.717, 1.165) is 12.8 Å². The molecule has 0 bridgehead atoms. The van der Waals surface area contributed by atoms with E-state index >= 15 is 0 Å². The fourth-order valence-electron chi connectivity index (χ4n) is 4.04. The van der Waals surface area contributed by atoms with Crippen LogP contribution in [0.1, 0.15) is 25.3 Å². The van der Waals surface area contributed by atoms with Crippen LogP contribution in [0.3, 0.4) is 0 Å². The van der Waals surface area contributed by atoms with Gasteiger partial charge in [-0.1, -0.05) is 23.7 Å². The van der Waals surface area contributed by atoms with Crippen LogP contribution in [0.2, 0.25) is 5.02 Å².